The highest BCUT2D eigenvalue weighted by molar-refractivity contribution is 5.75. The molecule has 0 amide bonds. The largest absolute Gasteiger partial charge is 0.387 e. The van der Waals surface area contributed by atoms with Gasteiger partial charge >= 0.3 is 0 Å². The Balaban J connectivity index is 1.64. The summed E-state index contributed by atoms with van der Waals surface area (Å²) in [6.45, 7) is 0. The van der Waals surface area contributed by atoms with Gasteiger partial charge in [0.2, 0.25) is 0 Å². The van der Waals surface area contributed by atoms with Crippen LogP contribution >= 0.6 is 0 Å². The lowest BCUT2D eigenvalue weighted by Gasteiger charge is -2.21. The van der Waals surface area contributed by atoms with Crippen LogP contribution in [0.15, 0.2) is 48.8 Å². The van der Waals surface area contributed by atoms with Gasteiger partial charge < -0.3 is 24.6 Å². The third-order valence-corrected chi connectivity index (χ3v) is 4.62. The SMILES string of the molecule is O[C@@H]1[C@H](O)[C@@H]([C@H](O)c2ccc(F)c(F)c2)O[C@H]1n1ccc2cccnc21. The van der Waals surface area contributed by atoms with E-state index in [-0.39, 0.29) is 5.56 Å². The van der Waals surface area contributed by atoms with Crippen molar-refractivity contribution in [2.24, 2.45) is 0 Å². The van der Waals surface area contributed by atoms with Gasteiger partial charge in [-0.25, -0.2) is 13.8 Å². The number of hydrogen-bond donors (Lipinski definition) is 3. The van der Waals surface area contributed by atoms with Crippen molar-refractivity contribution >= 4 is 11.0 Å². The van der Waals surface area contributed by atoms with Crippen LogP contribution in [-0.2, 0) is 4.74 Å². The van der Waals surface area contributed by atoms with Gasteiger partial charge in [-0.2, -0.15) is 0 Å². The summed E-state index contributed by atoms with van der Waals surface area (Å²) in [6.07, 6.45) is -3.17. The molecule has 0 radical (unpaired) electrons. The fourth-order valence-electron chi connectivity index (χ4n) is 3.25. The third-order valence-electron chi connectivity index (χ3n) is 4.62. The number of fused-ring (bicyclic) bond motifs is 1. The maximum absolute atomic E-state index is 13.4. The smallest absolute Gasteiger partial charge is 0.164 e. The summed E-state index contributed by atoms with van der Waals surface area (Å²) in [5, 5.41) is 32.0. The van der Waals surface area contributed by atoms with Crippen molar-refractivity contribution in [2.45, 2.75) is 30.6 Å². The average Bonchev–Trinajstić information content (AvgIpc) is 3.19. The van der Waals surface area contributed by atoms with E-state index in [1.54, 1.807) is 29.1 Å². The minimum absolute atomic E-state index is 0.0382. The monoisotopic (exact) mass is 362 g/mol. The summed E-state index contributed by atoms with van der Waals surface area (Å²) >= 11 is 0. The molecule has 2 aromatic heterocycles. The Labute approximate surface area is 146 Å². The molecule has 3 N–H and O–H groups in total. The second-order valence-electron chi connectivity index (χ2n) is 6.23. The Morgan fingerprint density at radius 2 is 1.88 bits per heavy atom. The van der Waals surface area contributed by atoms with Crippen molar-refractivity contribution in [1.29, 1.82) is 0 Å². The number of aliphatic hydroxyl groups excluding tert-OH is 3. The van der Waals surface area contributed by atoms with E-state index in [1.807, 2.05) is 6.07 Å². The van der Waals surface area contributed by atoms with Gasteiger partial charge in [-0.15, -0.1) is 0 Å². The number of ether oxygens (including phenoxy) is 1. The predicted molar refractivity (Wildman–Crippen MR) is 87.0 cm³/mol. The van der Waals surface area contributed by atoms with Crippen LogP contribution in [-0.4, -0.2) is 43.2 Å². The van der Waals surface area contributed by atoms with Crippen LogP contribution in [0.2, 0.25) is 0 Å². The molecular weight excluding hydrogens is 346 g/mol. The molecule has 1 fully saturated rings. The maximum Gasteiger partial charge on any atom is 0.164 e. The highest BCUT2D eigenvalue weighted by Crippen LogP contribution is 2.37. The summed E-state index contributed by atoms with van der Waals surface area (Å²) in [4.78, 5) is 4.23. The molecule has 136 valence electrons. The van der Waals surface area contributed by atoms with Crippen LogP contribution in [0, 0.1) is 11.6 Å². The minimum Gasteiger partial charge on any atom is -0.387 e. The first kappa shape index (κ1) is 17.0. The van der Waals surface area contributed by atoms with Crippen molar-refractivity contribution in [3.8, 4) is 0 Å². The standard InChI is InChI=1S/C18H16F2N2O4/c19-11-4-3-10(8-12(11)20)13(23)16-14(24)15(25)18(26-16)22-7-5-9-2-1-6-21-17(9)22/h1-8,13-16,18,23-25H/t13-,14+,15-,16-,18-/m1/s1. The predicted octanol–water partition coefficient (Wildman–Crippen LogP) is 1.67. The third kappa shape index (κ3) is 2.67. The topological polar surface area (TPSA) is 87.7 Å². The van der Waals surface area contributed by atoms with E-state index in [0.29, 0.717) is 5.65 Å². The molecule has 0 saturated carbocycles. The van der Waals surface area contributed by atoms with E-state index in [4.69, 9.17) is 4.74 Å². The lowest BCUT2D eigenvalue weighted by atomic mass is 9.99. The molecular formula is C18H16F2N2O4. The fourth-order valence-corrected chi connectivity index (χ4v) is 3.25. The Kier molecular flexibility index (Phi) is 4.20. The molecule has 8 heteroatoms. The zero-order valence-corrected chi connectivity index (χ0v) is 13.4. The first-order valence-corrected chi connectivity index (χ1v) is 8.03. The first-order valence-electron chi connectivity index (χ1n) is 8.03. The number of aromatic nitrogens is 2. The zero-order valence-electron chi connectivity index (χ0n) is 13.4. The number of halogens is 2. The summed E-state index contributed by atoms with van der Waals surface area (Å²) in [6, 6.07) is 8.30. The van der Waals surface area contributed by atoms with Crippen molar-refractivity contribution in [3.63, 3.8) is 0 Å². The van der Waals surface area contributed by atoms with E-state index >= 15 is 0 Å². The van der Waals surface area contributed by atoms with E-state index in [2.05, 4.69) is 4.98 Å². The van der Waals surface area contributed by atoms with E-state index in [0.717, 1.165) is 17.5 Å². The van der Waals surface area contributed by atoms with Crippen LogP contribution < -0.4 is 0 Å². The number of hydrogen-bond acceptors (Lipinski definition) is 5. The van der Waals surface area contributed by atoms with Crippen LogP contribution in [0.3, 0.4) is 0 Å². The van der Waals surface area contributed by atoms with Gasteiger partial charge in [0.15, 0.2) is 17.9 Å². The summed E-state index contributed by atoms with van der Waals surface area (Å²) in [7, 11) is 0. The van der Waals surface area contributed by atoms with Crippen molar-refractivity contribution < 1.29 is 28.8 Å². The Morgan fingerprint density at radius 3 is 2.65 bits per heavy atom. The van der Waals surface area contributed by atoms with E-state index < -0.39 is 42.3 Å². The van der Waals surface area contributed by atoms with Gasteiger partial charge in [0.05, 0.1) is 0 Å². The van der Waals surface area contributed by atoms with E-state index in [9.17, 15) is 24.1 Å². The van der Waals surface area contributed by atoms with Crippen LogP contribution in [0.5, 0.6) is 0 Å². The molecule has 3 heterocycles. The van der Waals surface area contributed by atoms with Crippen LogP contribution in [0.1, 0.15) is 17.9 Å². The lowest BCUT2D eigenvalue weighted by Crippen LogP contribution is -2.34. The molecule has 0 unspecified atom stereocenters. The molecule has 26 heavy (non-hydrogen) atoms. The molecule has 1 aromatic carbocycles. The highest BCUT2D eigenvalue weighted by atomic mass is 19.2. The van der Waals surface area contributed by atoms with Crippen molar-refractivity contribution in [2.75, 3.05) is 0 Å². The molecule has 5 atom stereocenters. The van der Waals surface area contributed by atoms with Gasteiger partial charge in [0, 0.05) is 17.8 Å². The van der Waals surface area contributed by atoms with Crippen molar-refractivity contribution in [1.82, 2.24) is 9.55 Å². The maximum atomic E-state index is 13.4. The zero-order chi connectivity index (χ0) is 18.4. The first-order chi connectivity index (χ1) is 12.5. The molecule has 4 rings (SSSR count). The van der Waals surface area contributed by atoms with Crippen LogP contribution in [0.25, 0.3) is 11.0 Å². The highest BCUT2D eigenvalue weighted by Gasteiger charge is 2.47. The molecule has 1 aliphatic heterocycles. The number of pyridine rings is 1. The Hall–Kier alpha value is -2.39. The number of nitrogens with zero attached hydrogens (tertiary/aromatic N) is 2. The van der Waals surface area contributed by atoms with Gasteiger partial charge in [0.1, 0.15) is 30.1 Å². The van der Waals surface area contributed by atoms with E-state index in [1.165, 1.54) is 6.07 Å². The second-order valence-corrected chi connectivity index (χ2v) is 6.23. The van der Waals surface area contributed by atoms with Crippen molar-refractivity contribution in [3.05, 3.63) is 66.0 Å². The normalized spacial score (nSPS) is 27.1. The van der Waals surface area contributed by atoms with Gasteiger partial charge in [0.25, 0.3) is 0 Å². The molecule has 6 nitrogen and oxygen atoms in total. The number of benzene rings is 1. The molecule has 1 aliphatic rings. The Morgan fingerprint density at radius 1 is 1.08 bits per heavy atom. The lowest BCUT2D eigenvalue weighted by molar-refractivity contribution is -0.0849. The molecule has 0 bridgehead atoms. The summed E-state index contributed by atoms with van der Waals surface area (Å²) in [5.74, 6) is -2.16. The minimum atomic E-state index is -1.45. The molecule has 1 saturated heterocycles. The molecule has 3 aromatic rings. The van der Waals surface area contributed by atoms with Gasteiger partial charge in [-0.05, 0) is 35.9 Å². The summed E-state index contributed by atoms with van der Waals surface area (Å²) < 4.78 is 33.7. The average molecular weight is 362 g/mol. The van der Waals surface area contributed by atoms with Crippen LogP contribution in [0.4, 0.5) is 8.78 Å². The fraction of sp³-hybridized carbons (Fsp3) is 0.278. The summed E-state index contributed by atoms with van der Waals surface area (Å²) in [5.41, 5.74) is 0.586. The quantitative estimate of drug-likeness (QED) is 0.660. The number of rotatable bonds is 3. The van der Waals surface area contributed by atoms with Gasteiger partial charge in [-0.3, -0.25) is 0 Å². The number of aliphatic hydroxyl groups is 3. The molecule has 0 aliphatic carbocycles. The second kappa shape index (κ2) is 6.40. The Bertz CT molecular complexity index is 948. The van der Waals surface area contributed by atoms with Gasteiger partial charge in [-0.1, -0.05) is 6.07 Å². The molecule has 0 spiro atoms.